The van der Waals surface area contributed by atoms with Crippen LogP contribution < -0.4 is 5.32 Å². The molecule has 0 aliphatic rings. The van der Waals surface area contributed by atoms with E-state index in [1.165, 1.54) is 0 Å². The second-order valence-corrected chi connectivity index (χ2v) is 5.19. The molecule has 0 amide bonds. The van der Waals surface area contributed by atoms with Crippen molar-refractivity contribution in [1.82, 2.24) is 14.9 Å². The summed E-state index contributed by atoms with van der Waals surface area (Å²) in [6.45, 7) is 11.9. The van der Waals surface area contributed by atoms with Crippen LogP contribution in [0.4, 0.5) is 0 Å². The van der Waals surface area contributed by atoms with E-state index in [0.717, 1.165) is 38.5 Å². The molecule has 0 aliphatic heterocycles. The van der Waals surface area contributed by atoms with Gasteiger partial charge in [-0.05, 0) is 34.1 Å². The van der Waals surface area contributed by atoms with E-state index in [4.69, 9.17) is 4.74 Å². The molecule has 0 spiro atoms. The number of hydrogen-bond donors (Lipinski definition) is 1. The van der Waals surface area contributed by atoms with Gasteiger partial charge in [0, 0.05) is 37.7 Å². The zero-order valence-electron chi connectivity index (χ0n) is 11.5. The number of aryl methyl sites for hydroxylation is 1. The van der Waals surface area contributed by atoms with Crippen molar-refractivity contribution < 1.29 is 4.74 Å². The lowest BCUT2D eigenvalue weighted by Gasteiger charge is -2.20. The molecule has 0 aliphatic carbocycles. The van der Waals surface area contributed by atoms with Crippen LogP contribution in [0.3, 0.4) is 0 Å². The van der Waals surface area contributed by atoms with Crippen molar-refractivity contribution in [3.63, 3.8) is 0 Å². The van der Waals surface area contributed by atoms with E-state index in [2.05, 4.69) is 35.6 Å². The minimum Gasteiger partial charge on any atom is -0.382 e. The maximum Gasteiger partial charge on any atom is 0.122 e. The molecule has 0 fully saturated rings. The van der Waals surface area contributed by atoms with Gasteiger partial charge >= 0.3 is 0 Å². The molecule has 1 N–H and O–H groups in total. The van der Waals surface area contributed by atoms with Gasteiger partial charge in [0.1, 0.15) is 5.82 Å². The van der Waals surface area contributed by atoms with Crippen LogP contribution in [0.15, 0.2) is 12.4 Å². The van der Waals surface area contributed by atoms with Crippen molar-refractivity contribution in [2.24, 2.45) is 0 Å². The first-order chi connectivity index (χ1) is 8.03. The summed E-state index contributed by atoms with van der Waals surface area (Å²) in [5, 5.41) is 3.45. The summed E-state index contributed by atoms with van der Waals surface area (Å²) < 4.78 is 7.53. The van der Waals surface area contributed by atoms with Gasteiger partial charge in [-0.3, -0.25) is 0 Å². The van der Waals surface area contributed by atoms with Gasteiger partial charge in [0.05, 0.1) is 6.54 Å². The molecular formula is C13H25N3O. The number of nitrogens with one attached hydrogen (secondary N) is 1. The number of imidazole rings is 1. The molecule has 98 valence electrons. The van der Waals surface area contributed by atoms with Gasteiger partial charge < -0.3 is 14.6 Å². The Hall–Kier alpha value is -0.870. The summed E-state index contributed by atoms with van der Waals surface area (Å²) in [4.78, 5) is 4.38. The highest BCUT2D eigenvalue weighted by atomic mass is 16.5. The van der Waals surface area contributed by atoms with Crippen molar-refractivity contribution in [3.05, 3.63) is 18.2 Å². The number of rotatable bonds is 7. The first-order valence-corrected chi connectivity index (χ1v) is 6.35. The van der Waals surface area contributed by atoms with Gasteiger partial charge in [0.15, 0.2) is 0 Å². The monoisotopic (exact) mass is 239 g/mol. The van der Waals surface area contributed by atoms with Gasteiger partial charge in [-0.1, -0.05) is 0 Å². The normalized spacial score (nSPS) is 12.0. The average Bonchev–Trinajstić information content (AvgIpc) is 2.68. The van der Waals surface area contributed by atoms with Gasteiger partial charge in [-0.25, -0.2) is 4.98 Å². The molecule has 1 rings (SSSR count). The van der Waals surface area contributed by atoms with E-state index in [1.807, 2.05) is 19.3 Å². The molecule has 0 saturated heterocycles. The summed E-state index contributed by atoms with van der Waals surface area (Å²) in [6, 6.07) is 0. The van der Waals surface area contributed by atoms with E-state index in [-0.39, 0.29) is 5.54 Å². The van der Waals surface area contributed by atoms with Crippen LogP contribution in [-0.2, 0) is 17.8 Å². The summed E-state index contributed by atoms with van der Waals surface area (Å²) >= 11 is 0. The van der Waals surface area contributed by atoms with Crippen molar-refractivity contribution in [3.8, 4) is 0 Å². The zero-order valence-corrected chi connectivity index (χ0v) is 11.5. The van der Waals surface area contributed by atoms with Crippen LogP contribution in [0.2, 0.25) is 0 Å². The van der Waals surface area contributed by atoms with Gasteiger partial charge in [-0.2, -0.15) is 0 Å². The molecule has 0 atom stereocenters. The zero-order chi connectivity index (χ0) is 12.7. The maximum atomic E-state index is 5.34. The van der Waals surface area contributed by atoms with Gasteiger partial charge in [-0.15, -0.1) is 0 Å². The molecule has 1 heterocycles. The third-order valence-electron chi connectivity index (χ3n) is 2.47. The molecule has 4 heteroatoms. The lowest BCUT2D eigenvalue weighted by molar-refractivity contribution is 0.141. The molecule has 1 aromatic rings. The molecule has 0 unspecified atom stereocenters. The second-order valence-electron chi connectivity index (χ2n) is 5.19. The molecule has 4 nitrogen and oxygen atoms in total. The minimum atomic E-state index is 0.127. The Morgan fingerprint density at radius 2 is 2.18 bits per heavy atom. The van der Waals surface area contributed by atoms with Crippen LogP contribution in [0.1, 0.15) is 39.9 Å². The Morgan fingerprint density at radius 1 is 1.41 bits per heavy atom. The Bertz CT molecular complexity index is 315. The van der Waals surface area contributed by atoms with Crippen molar-refractivity contribution in [2.45, 2.75) is 52.7 Å². The molecule has 0 aromatic carbocycles. The Balaban J connectivity index is 2.37. The molecule has 1 aromatic heterocycles. The lowest BCUT2D eigenvalue weighted by atomic mass is 10.1. The third kappa shape index (κ3) is 5.84. The summed E-state index contributed by atoms with van der Waals surface area (Å²) in [5.74, 6) is 1.09. The topological polar surface area (TPSA) is 39.1 Å². The van der Waals surface area contributed by atoms with Crippen LogP contribution >= 0.6 is 0 Å². The van der Waals surface area contributed by atoms with E-state index < -0.39 is 0 Å². The standard InChI is InChI=1S/C13H25N3O/c1-5-17-10-6-8-16-9-7-14-12(16)11-15-13(2,3)4/h7,9,15H,5-6,8,10-11H2,1-4H3. The summed E-state index contributed by atoms with van der Waals surface area (Å²) in [6.07, 6.45) is 4.93. The minimum absolute atomic E-state index is 0.127. The largest absolute Gasteiger partial charge is 0.382 e. The van der Waals surface area contributed by atoms with Crippen LogP contribution in [0.5, 0.6) is 0 Å². The number of ether oxygens (including phenoxy) is 1. The predicted octanol–water partition coefficient (Wildman–Crippen LogP) is 2.20. The fourth-order valence-corrected chi connectivity index (χ4v) is 1.54. The first-order valence-electron chi connectivity index (χ1n) is 6.35. The number of hydrogen-bond acceptors (Lipinski definition) is 3. The number of aromatic nitrogens is 2. The van der Waals surface area contributed by atoms with Crippen LogP contribution in [-0.4, -0.2) is 28.3 Å². The van der Waals surface area contributed by atoms with E-state index in [9.17, 15) is 0 Å². The van der Waals surface area contributed by atoms with Gasteiger partial charge in [0.2, 0.25) is 0 Å². The predicted molar refractivity (Wildman–Crippen MR) is 69.9 cm³/mol. The highest BCUT2D eigenvalue weighted by molar-refractivity contribution is 4.93. The Labute approximate surface area is 104 Å². The highest BCUT2D eigenvalue weighted by Crippen LogP contribution is 2.04. The third-order valence-corrected chi connectivity index (χ3v) is 2.47. The Kier molecular flexibility index (Phi) is 5.65. The van der Waals surface area contributed by atoms with Crippen molar-refractivity contribution in [2.75, 3.05) is 13.2 Å². The molecule has 0 radical (unpaired) electrons. The molecule has 0 bridgehead atoms. The van der Waals surface area contributed by atoms with Crippen molar-refractivity contribution >= 4 is 0 Å². The van der Waals surface area contributed by atoms with E-state index in [1.54, 1.807) is 0 Å². The van der Waals surface area contributed by atoms with Crippen molar-refractivity contribution in [1.29, 1.82) is 0 Å². The molecule has 0 saturated carbocycles. The number of nitrogens with zero attached hydrogens (tertiary/aromatic N) is 2. The van der Waals surface area contributed by atoms with Gasteiger partial charge in [0.25, 0.3) is 0 Å². The fourth-order valence-electron chi connectivity index (χ4n) is 1.54. The quantitative estimate of drug-likeness (QED) is 0.741. The smallest absolute Gasteiger partial charge is 0.122 e. The molecule has 17 heavy (non-hydrogen) atoms. The van der Waals surface area contributed by atoms with Crippen LogP contribution in [0, 0.1) is 0 Å². The first kappa shape index (κ1) is 14.2. The summed E-state index contributed by atoms with van der Waals surface area (Å²) in [5.41, 5.74) is 0.127. The highest BCUT2D eigenvalue weighted by Gasteiger charge is 2.10. The van der Waals surface area contributed by atoms with E-state index in [0.29, 0.717) is 0 Å². The SMILES string of the molecule is CCOCCCn1ccnc1CNC(C)(C)C. The molecular weight excluding hydrogens is 214 g/mol. The lowest BCUT2D eigenvalue weighted by Crippen LogP contribution is -2.36. The average molecular weight is 239 g/mol. The fraction of sp³-hybridized carbons (Fsp3) is 0.769. The summed E-state index contributed by atoms with van der Waals surface area (Å²) in [7, 11) is 0. The Morgan fingerprint density at radius 3 is 2.82 bits per heavy atom. The van der Waals surface area contributed by atoms with Crippen LogP contribution in [0.25, 0.3) is 0 Å². The van der Waals surface area contributed by atoms with E-state index >= 15 is 0 Å². The second kappa shape index (κ2) is 6.77. The maximum absolute atomic E-state index is 5.34.